The van der Waals surface area contributed by atoms with Crippen molar-refractivity contribution in [2.45, 2.75) is 12.8 Å². The van der Waals surface area contributed by atoms with Crippen LogP contribution < -0.4 is 0 Å². The number of likely N-dealkylation sites (tertiary alicyclic amines) is 1. The van der Waals surface area contributed by atoms with Crippen molar-refractivity contribution in [1.82, 2.24) is 4.90 Å². The molecule has 2 rings (SSSR count). The lowest BCUT2D eigenvalue weighted by atomic mass is 9.96. The van der Waals surface area contributed by atoms with Gasteiger partial charge in [0.1, 0.15) is 5.82 Å². The fourth-order valence-electron chi connectivity index (χ4n) is 2.19. The van der Waals surface area contributed by atoms with Crippen molar-refractivity contribution in [2.24, 2.45) is 5.92 Å². The molecule has 6 heteroatoms. The van der Waals surface area contributed by atoms with E-state index < -0.39 is 17.7 Å². The molecule has 4 nitrogen and oxygen atoms in total. The maximum absolute atomic E-state index is 13.2. The topological polar surface area (TPSA) is 57.6 Å². The molecule has 0 atom stereocenters. The number of carbonyl (C=O) groups excluding carboxylic acids is 1. The number of carbonyl (C=O) groups is 2. The van der Waals surface area contributed by atoms with E-state index in [2.05, 4.69) is 0 Å². The molecule has 0 saturated carbocycles. The summed E-state index contributed by atoms with van der Waals surface area (Å²) in [4.78, 5) is 24.5. The van der Waals surface area contributed by atoms with Gasteiger partial charge in [0.2, 0.25) is 0 Å². The Kier molecular flexibility index (Phi) is 4.04. The summed E-state index contributed by atoms with van der Waals surface area (Å²) in [5.41, 5.74) is 0.193. The normalized spacial score (nSPS) is 16.4. The molecule has 0 aromatic heterocycles. The molecule has 0 spiro atoms. The smallest absolute Gasteiger partial charge is 0.306 e. The van der Waals surface area contributed by atoms with Gasteiger partial charge in [-0.05, 0) is 31.0 Å². The van der Waals surface area contributed by atoms with Crippen molar-refractivity contribution < 1.29 is 19.1 Å². The van der Waals surface area contributed by atoms with E-state index in [4.69, 9.17) is 16.7 Å². The molecule has 1 aliphatic rings. The first-order valence-electron chi connectivity index (χ1n) is 5.95. The maximum Gasteiger partial charge on any atom is 0.306 e. The number of rotatable bonds is 2. The van der Waals surface area contributed by atoms with Crippen LogP contribution in [0.1, 0.15) is 23.2 Å². The molecule has 1 aliphatic heterocycles. The number of benzene rings is 1. The van der Waals surface area contributed by atoms with Crippen LogP contribution in [-0.2, 0) is 4.79 Å². The van der Waals surface area contributed by atoms with E-state index in [1.165, 1.54) is 11.0 Å². The molecule has 102 valence electrons. The van der Waals surface area contributed by atoms with Crippen molar-refractivity contribution >= 4 is 23.5 Å². The van der Waals surface area contributed by atoms with Crippen molar-refractivity contribution in [3.63, 3.8) is 0 Å². The summed E-state index contributed by atoms with van der Waals surface area (Å²) in [6.45, 7) is 0.730. The van der Waals surface area contributed by atoms with Crippen LogP contribution in [0, 0.1) is 11.7 Å². The second-order valence-electron chi connectivity index (χ2n) is 4.56. The Bertz CT molecular complexity index is 492. The summed E-state index contributed by atoms with van der Waals surface area (Å²) >= 11 is 5.71. The van der Waals surface area contributed by atoms with Crippen molar-refractivity contribution in [3.05, 3.63) is 34.6 Å². The van der Waals surface area contributed by atoms with Gasteiger partial charge in [-0.2, -0.15) is 0 Å². The van der Waals surface area contributed by atoms with Gasteiger partial charge in [-0.3, -0.25) is 9.59 Å². The fourth-order valence-corrected chi connectivity index (χ4v) is 2.41. The van der Waals surface area contributed by atoms with Gasteiger partial charge >= 0.3 is 5.97 Å². The highest BCUT2D eigenvalue weighted by Crippen LogP contribution is 2.21. The van der Waals surface area contributed by atoms with Gasteiger partial charge in [-0.1, -0.05) is 11.6 Å². The third-order valence-corrected chi connectivity index (χ3v) is 3.46. The van der Waals surface area contributed by atoms with E-state index in [1.54, 1.807) is 0 Å². The summed E-state index contributed by atoms with van der Waals surface area (Å²) < 4.78 is 13.2. The largest absolute Gasteiger partial charge is 0.481 e. The van der Waals surface area contributed by atoms with Gasteiger partial charge in [0.15, 0.2) is 0 Å². The molecule has 0 radical (unpaired) electrons. The highest BCUT2D eigenvalue weighted by molar-refractivity contribution is 6.31. The number of halogens is 2. The molecule has 1 aromatic rings. The third kappa shape index (κ3) is 3.23. The summed E-state index contributed by atoms with van der Waals surface area (Å²) in [5, 5.41) is 9.05. The van der Waals surface area contributed by atoms with Crippen LogP contribution in [0.2, 0.25) is 5.02 Å². The second-order valence-corrected chi connectivity index (χ2v) is 5.00. The van der Waals surface area contributed by atoms with Crippen molar-refractivity contribution in [2.75, 3.05) is 13.1 Å². The quantitative estimate of drug-likeness (QED) is 0.908. The minimum Gasteiger partial charge on any atom is -0.481 e. The van der Waals surface area contributed by atoms with E-state index in [0.29, 0.717) is 25.9 Å². The third-order valence-electron chi connectivity index (χ3n) is 3.24. The van der Waals surface area contributed by atoms with Gasteiger partial charge in [-0.25, -0.2) is 4.39 Å². The average molecular weight is 286 g/mol. The van der Waals surface area contributed by atoms with Crippen LogP contribution in [0.25, 0.3) is 0 Å². The highest BCUT2D eigenvalue weighted by atomic mass is 35.5. The Morgan fingerprint density at radius 2 is 1.89 bits per heavy atom. The molecule has 0 bridgehead atoms. The molecule has 1 amide bonds. The van der Waals surface area contributed by atoms with Gasteiger partial charge in [-0.15, -0.1) is 0 Å². The highest BCUT2D eigenvalue weighted by Gasteiger charge is 2.27. The van der Waals surface area contributed by atoms with E-state index in [1.807, 2.05) is 0 Å². The van der Waals surface area contributed by atoms with Gasteiger partial charge in [0, 0.05) is 23.7 Å². The molecule has 1 heterocycles. The lowest BCUT2D eigenvalue weighted by Crippen LogP contribution is -2.40. The Hall–Kier alpha value is -1.62. The maximum atomic E-state index is 13.2. The predicted octanol–water partition coefficient (Wildman–Crippen LogP) is 2.42. The van der Waals surface area contributed by atoms with Crippen LogP contribution in [0.5, 0.6) is 0 Å². The molecule has 1 N–H and O–H groups in total. The van der Waals surface area contributed by atoms with Crippen LogP contribution in [-0.4, -0.2) is 35.0 Å². The van der Waals surface area contributed by atoms with E-state index >= 15 is 0 Å². The minimum atomic E-state index is -0.833. The number of nitrogens with zero attached hydrogens (tertiary/aromatic N) is 1. The lowest BCUT2D eigenvalue weighted by Gasteiger charge is -2.30. The molecule has 19 heavy (non-hydrogen) atoms. The Morgan fingerprint density at radius 1 is 1.26 bits per heavy atom. The summed E-state index contributed by atoms with van der Waals surface area (Å²) in [6, 6.07) is 3.68. The van der Waals surface area contributed by atoms with Crippen LogP contribution in [0.3, 0.4) is 0 Å². The summed E-state index contributed by atoms with van der Waals surface area (Å²) in [7, 11) is 0. The molecule has 1 fully saturated rings. The van der Waals surface area contributed by atoms with Crippen molar-refractivity contribution in [3.8, 4) is 0 Å². The standard InChI is InChI=1S/C13H13ClFNO3/c14-10-5-9(6-11(15)7-10)12(17)16-3-1-8(2-4-16)13(18)19/h5-8H,1-4H2,(H,18,19). The SMILES string of the molecule is O=C(O)C1CCN(C(=O)c2cc(F)cc(Cl)c2)CC1. The van der Waals surface area contributed by atoms with Crippen molar-refractivity contribution in [1.29, 1.82) is 0 Å². The number of carboxylic acids is 1. The van der Waals surface area contributed by atoms with Gasteiger partial charge < -0.3 is 10.0 Å². The molecule has 1 saturated heterocycles. The Balaban J connectivity index is 2.07. The van der Waals surface area contributed by atoms with E-state index in [-0.39, 0.29) is 16.5 Å². The predicted molar refractivity (Wildman–Crippen MR) is 67.7 cm³/mol. The molecule has 0 unspecified atom stereocenters. The number of amides is 1. The van der Waals surface area contributed by atoms with Crippen LogP contribution in [0.4, 0.5) is 4.39 Å². The van der Waals surface area contributed by atoms with Gasteiger partial charge in [0.25, 0.3) is 5.91 Å². The first-order chi connectivity index (χ1) is 8.97. The molecular weight excluding hydrogens is 273 g/mol. The Morgan fingerprint density at radius 3 is 2.42 bits per heavy atom. The molecular formula is C13H13ClFNO3. The van der Waals surface area contributed by atoms with Gasteiger partial charge in [0.05, 0.1) is 5.92 Å². The number of aliphatic carboxylic acids is 1. The lowest BCUT2D eigenvalue weighted by molar-refractivity contribution is -0.143. The Labute approximate surface area is 114 Å². The zero-order valence-electron chi connectivity index (χ0n) is 10.1. The molecule has 0 aliphatic carbocycles. The van der Waals surface area contributed by atoms with Crippen LogP contribution in [0.15, 0.2) is 18.2 Å². The zero-order chi connectivity index (χ0) is 14.0. The average Bonchev–Trinajstić information content (AvgIpc) is 2.37. The first-order valence-corrected chi connectivity index (χ1v) is 6.33. The number of hydrogen-bond acceptors (Lipinski definition) is 2. The first kappa shape index (κ1) is 13.8. The van der Waals surface area contributed by atoms with E-state index in [0.717, 1.165) is 12.1 Å². The molecule has 1 aromatic carbocycles. The zero-order valence-corrected chi connectivity index (χ0v) is 10.9. The summed E-state index contributed by atoms with van der Waals surface area (Å²) in [6.07, 6.45) is 0.842. The van der Waals surface area contributed by atoms with E-state index in [9.17, 15) is 14.0 Å². The fraction of sp³-hybridized carbons (Fsp3) is 0.385. The minimum absolute atomic E-state index is 0.170. The number of piperidine rings is 1. The number of hydrogen-bond donors (Lipinski definition) is 1. The van der Waals surface area contributed by atoms with Crippen LogP contribution >= 0.6 is 11.6 Å². The number of carboxylic acid groups (broad SMARTS) is 1. The second kappa shape index (κ2) is 5.57. The monoisotopic (exact) mass is 285 g/mol. The summed E-state index contributed by atoms with van der Waals surface area (Å²) in [5.74, 6) is -2.11.